The largest absolute Gasteiger partial charge is 0.411 e. The molecule has 2 aromatic carbocycles. The Bertz CT molecular complexity index is 621. The second-order valence-corrected chi connectivity index (χ2v) is 5.58. The maximum atomic E-state index is 13.1. The maximum absolute atomic E-state index is 13.1. The van der Waals surface area contributed by atoms with E-state index >= 15 is 0 Å². The van der Waals surface area contributed by atoms with Gasteiger partial charge in [0.2, 0.25) is 0 Å². The molecule has 0 amide bonds. The van der Waals surface area contributed by atoms with Crippen molar-refractivity contribution in [3.8, 4) is 0 Å². The zero-order valence-corrected chi connectivity index (χ0v) is 11.7. The first-order valence-corrected chi connectivity index (χ1v) is 7.29. The van der Waals surface area contributed by atoms with Crippen LogP contribution in [0.3, 0.4) is 0 Å². The van der Waals surface area contributed by atoms with Gasteiger partial charge in [0.25, 0.3) is 0 Å². The number of oxime groups is 1. The molecule has 3 heteroatoms. The summed E-state index contributed by atoms with van der Waals surface area (Å²) in [5, 5.41) is 12.8. The van der Waals surface area contributed by atoms with Gasteiger partial charge in [-0.25, -0.2) is 4.39 Å². The Kier molecular flexibility index (Phi) is 4.00. The molecule has 0 aliphatic heterocycles. The highest BCUT2D eigenvalue weighted by atomic mass is 19.1. The highest BCUT2D eigenvalue weighted by Gasteiger charge is 2.29. The predicted molar refractivity (Wildman–Crippen MR) is 81.4 cm³/mol. The summed E-state index contributed by atoms with van der Waals surface area (Å²) in [7, 11) is 0. The van der Waals surface area contributed by atoms with Gasteiger partial charge in [-0.1, -0.05) is 47.6 Å². The maximum Gasteiger partial charge on any atom is 0.123 e. The molecule has 1 aliphatic carbocycles. The number of hydrogen-bond donors (Lipinski definition) is 1. The van der Waals surface area contributed by atoms with Gasteiger partial charge in [-0.05, 0) is 48.4 Å². The van der Waals surface area contributed by atoms with Crippen molar-refractivity contribution in [3.63, 3.8) is 0 Å². The lowest BCUT2D eigenvalue weighted by molar-refractivity contribution is 0.311. The van der Waals surface area contributed by atoms with E-state index in [4.69, 9.17) is 0 Å². The van der Waals surface area contributed by atoms with Gasteiger partial charge in [0.05, 0.1) is 5.71 Å². The molecule has 2 atom stereocenters. The predicted octanol–water partition coefficient (Wildman–Crippen LogP) is 4.71. The van der Waals surface area contributed by atoms with Crippen molar-refractivity contribution in [1.29, 1.82) is 0 Å². The lowest BCUT2D eigenvalue weighted by atomic mass is 9.74. The van der Waals surface area contributed by atoms with Crippen molar-refractivity contribution in [2.24, 2.45) is 5.16 Å². The summed E-state index contributed by atoms with van der Waals surface area (Å²) in [5.74, 6) is 0.313. The topological polar surface area (TPSA) is 32.6 Å². The number of benzene rings is 2. The van der Waals surface area contributed by atoms with E-state index in [-0.39, 0.29) is 11.7 Å². The van der Waals surface area contributed by atoms with Gasteiger partial charge in [-0.3, -0.25) is 0 Å². The van der Waals surface area contributed by atoms with Crippen LogP contribution in [-0.4, -0.2) is 10.9 Å². The summed E-state index contributed by atoms with van der Waals surface area (Å²) in [4.78, 5) is 0. The van der Waals surface area contributed by atoms with Gasteiger partial charge in [-0.2, -0.15) is 0 Å². The molecule has 0 aromatic heterocycles. The van der Waals surface area contributed by atoms with E-state index in [9.17, 15) is 9.60 Å². The highest BCUT2D eigenvalue weighted by molar-refractivity contribution is 5.91. The molecule has 1 N–H and O–H groups in total. The number of hydrogen-bond acceptors (Lipinski definition) is 2. The molecule has 0 heterocycles. The molecular formula is C18H18FNO. The lowest BCUT2D eigenvalue weighted by Crippen LogP contribution is -2.22. The Morgan fingerprint density at radius 2 is 1.67 bits per heavy atom. The van der Waals surface area contributed by atoms with Gasteiger partial charge in [0, 0.05) is 5.92 Å². The zero-order valence-electron chi connectivity index (χ0n) is 11.7. The zero-order chi connectivity index (χ0) is 14.7. The van der Waals surface area contributed by atoms with E-state index in [1.807, 2.05) is 30.3 Å². The summed E-state index contributed by atoms with van der Waals surface area (Å²) < 4.78 is 13.1. The van der Waals surface area contributed by atoms with Crippen molar-refractivity contribution >= 4 is 5.71 Å². The summed E-state index contributed by atoms with van der Waals surface area (Å²) in [6.07, 6.45) is 2.61. The SMILES string of the molecule is O/N=C1\CCC(c2ccc(F)cc2)CC1c1ccccc1. The Hall–Kier alpha value is -2.16. The second kappa shape index (κ2) is 6.08. The normalized spacial score (nSPS) is 24.1. The Morgan fingerprint density at radius 3 is 2.33 bits per heavy atom. The van der Waals surface area contributed by atoms with E-state index < -0.39 is 0 Å². The van der Waals surface area contributed by atoms with Gasteiger partial charge in [0.15, 0.2) is 0 Å². The van der Waals surface area contributed by atoms with Crippen LogP contribution in [0.5, 0.6) is 0 Å². The van der Waals surface area contributed by atoms with Crippen LogP contribution in [-0.2, 0) is 0 Å². The fourth-order valence-electron chi connectivity index (χ4n) is 3.21. The summed E-state index contributed by atoms with van der Waals surface area (Å²) in [6, 6.07) is 16.9. The number of nitrogens with zero attached hydrogens (tertiary/aromatic N) is 1. The first-order chi connectivity index (χ1) is 10.3. The van der Waals surface area contributed by atoms with E-state index in [1.165, 1.54) is 17.7 Å². The minimum Gasteiger partial charge on any atom is -0.411 e. The number of halogens is 1. The van der Waals surface area contributed by atoms with E-state index in [2.05, 4.69) is 17.3 Å². The Labute approximate surface area is 123 Å². The van der Waals surface area contributed by atoms with Gasteiger partial charge >= 0.3 is 0 Å². The van der Waals surface area contributed by atoms with Crippen molar-refractivity contribution in [2.45, 2.75) is 31.1 Å². The third kappa shape index (κ3) is 2.97. The van der Waals surface area contributed by atoms with Crippen LogP contribution in [0.25, 0.3) is 0 Å². The first kappa shape index (κ1) is 13.8. The first-order valence-electron chi connectivity index (χ1n) is 7.29. The van der Waals surface area contributed by atoms with Crippen molar-refractivity contribution in [1.82, 2.24) is 0 Å². The molecular weight excluding hydrogens is 265 g/mol. The van der Waals surface area contributed by atoms with E-state index in [1.54, 1.807) is 0 Å². The van der Waals surface area contributed by atoms with Crippen molar-refractivity contribution in [3.05, 3.63) is 71.5 Å². The van der Waals surface area contributed by atoms with Crippen molar-refractivity contribution in [2.75, 3.05) is 0 Å². The molecule has 0 saturated heterocycles. The van der Waals surface area contributed by atoms with Crippen LogP contribution in [0, 0.1) is 5.82 Å². The standard InChI is InChI=1S/C18H18FNO/c19-16-9-6-13(7-10-16)15-8-11-18(20-21)17(12-15)14-4-2-1-3-5-14/h1-7,9-10,15,17,21H,8,11-12H2/b20-18+. The van der Waals surface area contributed by atoms with Gasteiger partial charge < -0.3 is 5.21 Å². The van der Waals surface area contributed by atoms with Crippen LogP contribution >= 0.6 is 0 Å². The van der Waals surface area contributed by atoms with Gasteiger partial charge in [-0.15, -0.1) is 0 Å². The molecule has 21 heavy (non-hydrogen) atoms. The van der Waals surface area contributed by atoms with Crippen LogP contribution < -0.4 is 0 Å². The summed E-state index contributed by atoms with van der Waals surface area (Å²) >= 11 is 0. The molecule has 2 unspecified atom stereocenters. The van der Waals surface area contributed by atoms with Crippen LogP contribution in [0.2, 0.25) is 0 Å². The highest BCUT2D eigenvalue weighted by Crippen LogP contribution is 2.39. The number of rotatable bonds is 2. The molecule has 0 bridgehead atoms. The molecule has 0 spiro atoms. The average molecular weight is 283 g/mol. The average Bonchev–Trinajstić information content (AvgIpc) is 2.56. The molecule has 2 aromatic rings. The molecule has 108 valence electrons. The molecule has 2 nitrogen and oxygen atoms in total. The third-order valence-electron chi connectivity index (χ3n) is 4.34. The van der Waals surface area contributed by atoms with Crippen LogP contribution in [0.4, 0.5) is 4.39 Å². The fourth-order valence-corrected chi connectivity index (χ4v) is 3.21. The summed E-state index contributed by atoms with van der Waals surface area (Å²) in [6.45, 7) is 0. The Morgan fingerprint density at radius 1 is 0.952 bits per heavy atom. The lowest BCUT2D eigenvalue weighted by Gasteiger charge is -2.30. The van der Waals surface area contributed by atoms with E-state index in [0.29, 0.717) is 5.92 Å². The smallest absolute Gasteiger partial charge is 0.123 e. The van der Waals surface area contributed by atoms with Gasteiger partial charge in [0.1, 0.15) is 5.82 Å². The van der Waals surface area contributed by atoms with Crippen molar-refractivity contribution < 1.29 is 9.60 Å². The minimum atomic E-state index is -0.202. The fraction of sp³-hybridized carbons (Fsp3) is 0.278. The molecule has 3 rings (SSSR count). The summed E-state index contributed by atoms with van der Waals surface area (Å²) in [5.41, 5.74) is 3.19. The minimum absolute atomic E-state index is 0.139. The molecule has 1 aliphatic rings. The van der Waals surface area contributed by atoms with Crippen LogP contribution in [0.1, 0.15) is 42.2 Å². The third-order valence-corrected chi connectivity index (χ3v) is 4.34. The monoisotopic (exact) mass is 283 g/mol. The molecule has 1 fully saturated rings. The van der Waals surface area contributed by atoms with E-state index in [0.717, 1.165) is 30.5 Å². The molecule has 0 radical (unpaired) electrons. The molecule has 1 saturated carbocycles. The second-order valence-electron chi connectivity index (χ2n) is 5.58. The Balaban J connectivity index is 1.86. The van der Waals surface area contributed by atoms with Crippen LogP contribution in [0.15, 0.2) is 59.8 Å². The quantitative estimate of drug-likeness (QED) is 0.628.